The Bertz CT molecular complexity index is 1030. The highest BCUT2D eigenvalue weighted by molar-refractivity contribution is 5.60. The summed E-state index contributed by atoms with van der Waals surface area (Å²) in [5, 5.41) is 39.2. The maximum Gasteiger partial charge on any atom is 0.508 e. The van der Waals surface area contributed by atoms with Crippen LogP contribution in [0.1, 0.15) is 105 Å². The fraction of sp³-hybridized carbons (Fsp3) is 0.917. The third-order valence-electron chi connectivity index (χ3n) is 13.0. The zero-order valence-corrected chi connectivity index (χ0v) is 28.2. The van der Waals surface area contributed by atoms with Crippen LogP contribution in [-0.2, 0) is 18.9 Å². The van der Waals surface area contributed by atoms with E-state index in [4.69, 9.17) is 18.9 Å². The lowest BCUT2D eigenvalue weighted by atomic mass is 9.47. The highest BCUT2D eigenvalue weighted by Gasteiger charge is 2.59. The number of rotatable bonds is 11. The summed E-state index contributed by atoms with van der Waals surface area (Å²) in [6.07, 6.45) is 8.02. The van der Waals surface area contributed by atoms with E-state index >= 15 is 0 Å². The molecule has 1 saturated heterocycles. The molecule has 5 rings (SSSR count). The molecule has 9 nitrogen and oxygen atoms in total. The van der Waals surface area contributed by atoms with E-state index in [9.17, 15) is 25.2 Å². The van der Waals surface area contributed by atoms with Crippen LogP contribution in [0.15, 0.2) is 11.6 Å². The van der Waals surface area contributed by atoms with Gasteiger partial charge in [0.1, 0.15) is 37.1 Å². The normalized spacial score (nSPS) is 43.6. The Labute approximate surface area is 270 Å². The summed E-state index contributed by atoms with van der Waals surface area (Å²) in [5.41, 5.74) is 2.10. The lowest BCUT2D eigenvalue weighted by Crippen LogP contribution is -2.59. The van der Waals surface area contributed by atoms with Crippen molar-refractivity contribution >= 4 is 6.16 Å². The van der Waals surface area contributed by atoms with Crippen LogP contribution in [0.25, 0.3) is 0 Å². The predicted octanol–water partition coefficient (Wildman–Crippen LogP) is 5.37. The summed E-state index contributed by atoms with van der Waals surface area (Å²) in [4.78, 5) is 12.5. The van der Waals surface area contributed by atoms with Crippen molar-refractivity contribution in [3.8, 4) is 0 Å². The Kier molecular flexibility index (Phi) is 11.3. The van der Waals surface area contributed by atoms with Gasteiger partial charge in [-0.25, -0.2) is 4.79 Å². The number of aliphatic hydroxyl groups is 4. The van der Waals surface area contributed by atoms with Crippen LogP contribution in [0.4, 0.5) is 4.79 Å². The van der Waals surface area contributed by atoms with Crippen molar-refractivity contribution in [2.24, 2.45) is 46.3 Å². The van der Waals surface area contributed by atoms with Gasteiger partial charge in [0.15, 0.2) is 6.29 Å². The second-order valence-electron chi connectivity index (χ2n) is 15.9. The fourth-order valence-corrected chi connectivity index (χ4v) is 10.4. The molecule has 1 aliphatic heterocycles. The minimum absolute atomic E-state index is 0.105. The smallest absolute Gasteiger partial charge is 0.432 e. The fourth-order valence-electron chi connectivity index (χ4n) is 10.4. The van der Waals surface area contributed by atoms with E-state index in [1.807, 2.05) is 0 Å². The summed E-state index contributed by atoms with van der Waals surface area (Å²) >= 11 is 0. The van der Waals surface area contributed by atoms with Crippen LogP contribution in [-0.4, -0.2) is 83.2 Å². The van der Waals surface area contributed by atoms with E-state index in [2.05, 4.69) is 40.7 Å². The molecule has 45 heavy (non-hydrogen) atoms. The van der Waals surface area contributed by atoms with E-state index in [0.29, 0.717) is 11.3 Å². The molecular weight excluding hydrogens is 576 g/mol. The summed E-state index contributed by atoms with van der Waals surface area (Å²) < 4.78 is 21.7. The number of fused-ring (bicyclic) bond motifs is 5. The topological polar surface area (TPSA) is 135 Å². The van der Waals surface area contributed by atoms with E-state index in [1.165, 1.54) is 50.5 Å². The van der Waals surface area contributed by atoms with Crippen LogP contribution < -0.4 is 0 Å². The predicted molar refractivity (Wildman–Crippen MR) is 169 cm³/mol. The van der Waals surface area contributed by atoms with Gasteiger partial charge in [0.25, 0.3) is 0 Å². The van der Waals surface area contributed by atoms with Crippen molar-refractivity contribution in [1.29, 1.82) is 0 Å². The average molecular weight is 637 g/mol. The number of carbonyl (C=O) groups excluding carboxylic acids is 1. The standard InChI is InChI=1S/C36H60O9/c1-21(2)7-6-8-22(3)26-11-12-27-25-10-9-23-19-24(13-15-35(23,4)28(25)14-16-36(26,27)5)44-34(41)43-18-17-42-33-32(40)31(39)30(38)29(20-37)45-33/h9,21-22,24-33,37-40H,6-8,10-20H2,1-5H3/t22-,24?,25?,26?,27?,28?,29?,30-,31?,32-,33?,35?,36?/m1/s1. The summed E-state index contributed by atoms with van der Waals surface area (Å²) in [7, 11) is 0. The van der Waals surface area contributed by atoms with Gasteiger partial charge >= 0.3 is 6.16 Å². The molecule has 5 aliphatic rings. The molecule has 13 atom stereocenters. The second-order valence-corrected chi connectivity index (χ2v) is 15.9. The number of aliphatic hydroxyl groups excluding tert-OH is 4. The largest absolute Gasteiger partial charge is 0.508 e. The molecule has 3 saturated carbocycles. The lowest BCUT2D eigenvalue weighted by Gasteiger charge is -2.58. The van der Waals surface area contributed by atoms with Crippen LogP contribution in [0.2, 0.25) is 0 Å². The third kappa shape index (κ3) is 7.14. The molecule has 0 amide bonds. The van der Waals surface area contributed by atoms with Crippen LogP contribution in [0.3, 0.4) is 0 Å². The molecule has 0 aromatic carbocycles. The molecule has 0 bridgehead atoms. The molecule has 258 valence electrons. The molecule has 0 aromatic rings. The molecular formula is C36H60O9. The van der Waals surface area contributed by atoms with Gasteiger partial charge in [-0.05, 0) is 91.3 Å². The second kappa shape index (κ2) is 14.5. The summed E-state index contributed by atoms with van der Waals surface area (Å²) in [6, 6.07) is 0. The zero-order valence-electron chi connectivity index (χ0n) is 28.2. The van der Waals surface area contributed by atoms with Gasteiger partial charge in [-0.3, -0.25) is 0 Å². The van der Waals surface area contributed by atoms with Gasteiger partial charge < -0.3 is 39.4 Å². The van der Waals surface area contributed by atoms with E-state index in [-0.39, 0.29) is 24.7 Å². The minimum Gasteiger partial charge on any atom is -0.432 e. The summed E-state index contributed by atoms with van der Waals surface area (Å²) in [6.45, 7) is 11.6. The molecule has 0 spiro atoms. The molecule has 9 heteroatoms. The maximum absolute atomic E-state index is 12.5. The first-order chi connectivity index (χ1) is 21.4. The number of allylic oxidation sites excluding steroid dienone is 1. The summed E-state index contributed by atoms with van der Waals surface area (Å²) in [5.74, 6) is 4.74. The van der Waals surface area contributed by atoms with Crippen molar-refractivity contribution in [3.05, 3.63) is 11.6 Å². The van der Waals surface area contributed by atoms with Gasteiger partial charge in [-0.1, -0.05) is 65.5 Å². The highest BCUT2D eigenvalue weighted by atomic mass is 16.7. The van der Waals surface area contributed by atoms with Crippen molar-refractivity contribution in [1.82, 2.24) is 0 Å². The minimum atomic E-state index is -1.52. The quantitative estimate of drug-likeness (QED) is 0.134. The number of hydrogen-bond donors (Lipinski definition) is 4. The third-order valence-corrected chi connectivity index (χ3v) is 13.0. The lowest BCUT2D eigenvalue weighted by molar-refractivity contribution is -0.302. The Hall–Kier alpha value is -1.23. The Balaban J connectivity index is 1.09. The van der Waals surface area contributed by atoms with Gasteiger partial charge in [-0.2, -0.15) is 0 Å². The Morgan fingerprint density at radius 2 is 1.76 bits per heavy atom. The SMILES string of the molecule is CC(C)CCC[C@@H](C)C1CCC2C3CC=C4CC(OC(=O)OCCOC5OC(CO)[C@@H](O)C(O)[C@H]5O)CCC4(C)C3CCC21C. The van der Waals surface area contributed by atoms with Crippen LogP contribution in [0, 0.1) is 46.3 Å². The molecule has 0 radical (unpaired) electrons. The molecule has 10 unspecified atom stereocenters. The Morgan fingerprint density at radius 3 is 2.49 bits per heavy atom. The molecule has 0 aromatic heterocycles. The number of ether oxygens (including phenoxy) is 4. The Morgan fingerprint density at radius 1 is 0.978 bits per heavy atom. The molecule has 1 heterocycles. The van der Waals surface area contributed by atoms with Gasteiger partial charge in [0, 0.05) is 6.42 Å². The maximum atomic E-state index is 12.5. The van der Waals surface area contributed by atoms with E-state index in [1.54, 1.807) is 0 Å². The highest BCUT2D eigenvalue weighted by Crippen LogP contribution is 2.67. The van der Waals surface area contributed by atoms with Crippen LogP contribution >= 0.6 is 0 Å². The van der Waals surface area contributed by atoms with Crippen molar-refractivity contribution in [3.63, 3.8) is 0 Å². The number of hydrogen-bond acceptors (Lipinski definition) is 9. The van der Waals surface area contributed by atoms with E-state index in [0.717, 1.165) is 55.3 Å². The van der Waals surface area contributed by atoms with Crippen molar-refractivity contribution < 1.29 is 44.2 Å². The average Bonchev–Trinajstić information content (AvgIpc) is 3.36. The first-order valence-corrected chi connectivity index (χ1v) is 17.8. The van der Waals surface area contributed by atoms with Crippen LogP contribution in [0.5, 0.6) is 0 Å². The number of carbonyl (C=O) groups is 1. The first-order valence-electron chi connectivity index (χ1n) is 17.8. The van der Waals surface area contributed by atoms with Crippen molar-refractivity contribution in [2.75, 3.05) is 19.8 Å². The van der Waals surface area contributed by atoms with Gasteiger partial charge in [0.2, 0.25) is 0 Å². The van der Waals surface area contributed by atoms with Crippen molar-refractivity contribution in [2.45, 2.75) is 142 Å². The van der Waals surface area contributed by atoms with Gasteiger partial charge in [-0.15, -0.1) is 0 Å². The molecule has 4 N–H and O–H groups in total. The first kappa shape index (κ1) is 35.1. The van der Waals surface area contributed by atoms with Gasteiger partial charge in [0.05, 0.1) is 13.2 Å². The molecule has 4 aliphatic carbocycles. The molecule has 4 fully saturated rings. The monoisotopic (exact) mass is 636 g/mol. The zero-order chi connectivity index (χ0) is 32.5. The van der Waals surface area contributed by atoms with E-state index < -0.39 is 43.5 Å².